The third kappa shape index (κ3) is 3.08. The van der Waals surface area contributed by atoms with E-state index >= 15 is 0 Å². The van der Waals surface area contributed by atoms with E-state index in [-0.39, 0.29) is 11.8 Å². The summed E-state index contributed by atoms with van der Waals surface area (Å²) in [5.41, 5.74) is 7.52. The number of nitrogens with two attached hydrogens (primary N) is 1. The lowest BCUT2D eigenvalue weighted by Crippen LogP contribution is -2.25. The zero-order valence-electron chi connectivity index (χ0n) is 12.8. The first-order valence-corrected chi connectivity index (χ1v) is 8.15. The van der Waals surface area contributed by atoms with Gasteiger partial charge in [-0.1, -0.05) is 12.8 Å². The minimum Gasteiger partial charge on any atom is -0.370 e. The van der Waals surface area contributed by atoms with Crippen LogP contribution >= 0.6 is 0 Å². The number of nitrogens with one attached hydrogen (secondary N) is 1. The molecule has 1 aromatic carbocycles. The first kappa shape index (κ1) is 14.9. The van der Waals surface area contributed by atoms with Crippen LogP contribution in [-0.4, -0.2) is 24.9 Å². The molecule has 0 unspecified atom stereocenters. The van der Waals surface area contributed by atoms with Crippen LogP contribution in [0.4, 0.5) is 11.4 Å². The maximum absolute atomic E-state index is 12.4. The monoisotopic (exact) mass is 301 g/mol. The van der Waals surface area contributed by atoms with E-state index in [1.54, 1.807) is 12.1 Å². The smallest absolute Gasteiger partial charge is 0.248 e. The highest BCUT2D eigenvalue weighted by atomic mass is 16.2. The lowest BCUT2D eigenvalue weighted by atomic mass is 10.1. The van der Waals surface area contributed by atoms with Gasteiger partial charge in [0, 0.05) is 24.6 Å². The highest BCUT2D eigenvalue weighted by Gasteiger charge is 2.24. The molecule has 2 aliphatic rings. The second kappa shape index (κ2) is 6.38. The molecule has 3 N–H and O–H groups in total. The number of amides is 2. The Morgan fingerprint density at radius 3 is 2.41 bits per heavy atom. The second-order valence-corrected chi connectivity index (χ2v) is 6.26. The highest BCUT2D eigenvalue weighted by Crippen LogP contribution is 2.32. The number of hydrogen-bond acceptors (Lipinski definition) is 3. The lowest BCUT2D eigenvalue weighted by molar-refractivity contribution is -0.119. The molecule has 2 fully saturated rings. The molecule has 1 heterocycles. The summed E-state index contributed by atoms with van der Waals surface area (Å²) < 4.78 is 0. The summed E-state index contributed by atoms with van der Waals surface area (Å²) >= 11 is 0. The van der Waals surface area contributed by atoms with Crippen molar-refractivity contribution in [1.29, 1.82) is 0 Å². The van der Waals surface area contributed by atoms with Gasteiger partial charge in [-0.2, -0.15) is 0 Å². The van der Waals surface area contributed by atoms with Crippen LogP contribution in [0.25, 0.3) is 0 Å². The van der Waals surface area contributed by atoms with Crippen LogP contribution in [0.3, 0.4) is 0 Å². The largest absolute Gasteiger partial charge is 0.370 e. The quantitative estimate of drug-likeness (QED) is 0.897. The normalized spacial score (nSPS) is 18.6. The zero-order chi connectivity index (χ0) is 15.5. The van der Waals surface area contributed by atoms with Crippen LogP contribution in [0.1, 0.15) is 48.9 Å². The van der Waals surface area contributed by atoms with Crippen LogP contribution in [0.15, 0.2) is 18.2 Å². The summed E-state index contributed by atoms with van der Waals surface area (Å²) in [5, 5.41) is 3.04. The van der Waals surface area contributed by atoms with Crippen molar-refractivity contribution in [3.63, 3.8) is 0 Å². The van der Waals surface area contributed by atoms with Gasteiger partial charge in [0.05, 0.1) is 11.4 Å². The number of nitrogens with zero attached hydrogens (tertiary/aromatic N) is 1. The number of hydrogen-bond donors (Lipinski definition) is 2. The number of primary amides is 1. The molecule has 0 aromatic heterocycles. The summed E-state index contributed by atoms with van der Waals surface area (Å²) in [6.45, 7) is 1.98. The third-order valence-electron chi connectivity index (χ3n) is 4.71. The zero-order valence-corrected chi connectivity index (χ0v) is 12.8. The first-order valence-electron chi connectivity index (χ1n) is 8.15. The van der Waals surface area contributed by atoms with E-state index in [0.29, 0.717) is 5.56 Å². The van der Waals surface area contributed by atoms with Crippen molar-refractivity contribution in [1.82, 2.24) is 0 Å². The molecule has 0 radical (unpaired) electrons. The molecule has 118 valence electrons. The topological polar surface area (TPSA) is 75.4 Å². The van der Waals surface area contributed by atoms with E-state index in [0.717, 1.165) is 63.0 Å². The van der Waals surface area contributed by atoms with E-state index in [9.17, 15) is 9.59 Å². The van der Waals surface area contributed by atoms with E-state index in [2.05, 4.69) is 10.2 Å². The molecular weight excluding hydrogens is 278 g/mol. The van der Waals surface area contributed by atoms with Gasteiger partial charge in [-0.05, 0) is 43.9 Å². The summed E-state index contributed by atoms with van der Waals surface area (Å²) in [6.07, 6.45) is 6.48. The molecule has 3 rings (SSSR count). The molecule has 1 aromatic rings. The van der Waals surface area contributed by atoms with Crippen molar-refractivity contribution >= 4 is 23.2 Å². The predicted molar refractivity (Wildman–Crippen MR) is 87.0 cm³/mol. The molecule has 22 heavy (non-hydrogen) atoms. The Hall–Kier alpha value is -2.04. The Morgan fingerprint density at radius 1 is 1.09 bits per heavy atom. The summed E-state index contributed by atoms with van der Waals surface area (Å²) in [5.74, 6) is -0.299. The van der Waals surface area contributed by atoms with Gasteiger partial charge in [0.25, 0.3) is 0 Å². The fourth-order valence-electron chi connectivity index (χ4n) is 3.45. The van der Waals surface area contributed by atoms with Crippen molar-refractivity contribution in [2.45, 2.75) is 38.5 Å². The van der Waals surface area contributed by atoms with Gasteiger partial charge in [0.1, 0.15) is 0 Å². The van der Waals surface area contributed by atoms with Gasteiger partial charge in [-0.3, -0.25) is 9.59 Å². The minimum atomic E-state index is -0.468. The number of carbonyl (C=O) groups excluding carboxylic acids is 2. The molecule has 5 nitrogen and oxygen atoms in total. The van der Waals surface area contributed by atoms with Gasteiger partial charge < -0.3 is 16.0 Å². The molecule has 0 spiro atoms. The average Bonchev–Trinajstić information content (AvgIpc) is 3.20. The molecule has 1 aliphatic heterocycles. The number of rotatable bonds is 4. The van der Waals surface area contributed by atoms with Crippen LogP contribution < -0.4 is 16.0 Å². The summed E-state index contributed by atoms with van der Waals surface area (Å²) in [4.78, 5) is 26.1. The molecule has 2 amide bonds. The Kier molecular flexibility index (Phi) is 4.32. The SMILES string of the molecule is NC(=O)c1ccc(N2CCCC2)c(NC(=O)C2CCCC2)c1. The Labute approximate surface area is 130 Å². The van der Waals surface area contributed by atoms with Gasteiger partial charge in [0.15, 0.2) is 0 Å². The third-order valence-corrected chi connectivity index (χ3v) is 4.71. The molecular formula is C17H23N3O2. The van der Waals surface area contributed by atoms with Crippen LogP contribution in [0.5, 0.6) is 0 Å². The van der Waals surface area contributed by atoms with Crippen molar-refractivity contribution in [2.75, 3.05) is 23.3 Å². The Bertz CT molecular complexity index is 573. The van der Waals surface area contributed by atoms with Gasteiger partial charge in [-0.15, -0.1) is 0 Å². The number of anilines is 2. The molecule has 0 bridgehead atoms. The van der Waals surface area contributed by atoms with Crippen LogP contribution in [-0.2, 0) is 4.79 Å². The fourth-order valence-corrected chi connectivity index (χ4v) is 3.45. The number of benzene rings is 1. The maximum atomic E-state index is 12.4. The first-order chi connectivity index (χ1) is 10.6. The predicted octanol–water partition coefficient (Wildman–Crippen LogP) is 2.51. The van der Waals surface area contributed by atoms with Gasteiger partial charge >= 0.3 is 0 Å². The molecule has 5 heteroatoms. The van der Waals surface area contributed by atoms with Crippen molar-refractivity contribution in [3.8, 4) is 0 Å². The molecule has 1 saturated heterocycles. The minimum absolute atomic E-state index is 0.0690. The maximum Gasteiger partial charge on any atom is 0.248 e. The molecule has 1 saturated carbocycles. The van der Waals surface area contributed by atoms with Gasteiger partial charge in [0.2, 0.25) is 11.8 Å². The van der Waals surface area contributed by atoms with Crippen LogP contribution in [0.2, 0.25) is 0 Å². The standard InChI is InChI=1S/C17H23N3O2/c18-16(21)13-7-8-15(20-9-3-4-10-20)14(11-13)19-17(22)12-5-1-2-6-12/h7-8,11-12H,1-6,9-10H2,(H2,18,21)(H,19,22). The summed E-state index contributed by atoms with van der Waals surface area (Å²) in [7, 11) is 0. The highest BCUT2D eigenvalue weighted by molar-refractivity contribution is 6.00. The van der Waals surface area contributed by atoms with Crippen LogP contribution in [0, 0.1) is 5.92 Å². The van der Waals surface area contributed by atoms with E-state index in [1.165, 1.54) is 0 Å². The van der Waals surface area contributed by atoms with E-state index < -0.39 is 5.91 Å². The van der Waals surface area contributed by atoms with E-state index in [1.807, 2.05) is 6.07 Å². The van der Waals surface area contributed by atoms with Crippen molar-refractivity contribution in [3.05, 3.63) is 23.8 Å². The second-order valence-electron chi connectivity index (χ2n) is 6.26. The molecule has 0 atom stereocenters. The average molecular weight is 301 g/mol. The Morgan fingerprint density at radius 2 is 1.77 bits per heavy atom. The molecule has 1 aliphatic carbocycles. The summed E-state index contributed by atoms with van der Waals surface area (Å²) in [6, 6.07) is 5.35. The van der Waals surface area contributed by atoms with Crippen molar-refractivity contribution < 1.29 is 9.59 Å². The fraction of sp³-hybridized carbons (Fsp3) is 0.529. The lowest BCUT2D eigenvalue weighted by Gasteiger charge is -2.23. The number of carbonyl (C=O) groups is 2. The van der Waals surface area contributed by atoms with E-state index in [4.69, 9.17) is 5.73 Å². The van der Waals surface area contributed by atoms with Gasteiger partial charge in [-0.25, -0.2) is 0 Å². The Balaban J connectivity index is 1.86. The van der Waals surface area contributed by atoms with Crippen molar-refractivity contribution in [2.24, 2.45) is 11.7 Å².